The van der Waals surface area contributed by atoms with Gasteiger partial charge in [-0.1, -0.05) is 6.92 Å². The van der Waals surface area contributed by atoms with E-state index >= 15 is 0 Å². The Morgan fingerprint density at radius 2 is 2.31 bits per heavy atom. The number of likely N-dealkylation sites (tertiary alicyclic amines) is 1. The van der Waals surface area contributed by atoms with Crippen LogP contribution in [0.2, 0.25) is 0 Å². The van der Waals surface area contributed by atoms with Gasteiger partial charge in [0.1, 0.15) is 0 Å². The number of hydrogen-bond acceptors (Lipinski definition) is 3. The molecule has 0 radical (unpaired) electrons. The van der Waals surface area contributed by atoms with Crippen LogP contribution in [-0.2, 0) is 4.79 Å². The van der Waals surface area contributed by atoms with Gasteiger partial charge in [-0.25, -0.2) is 0 Å². The molecule has 1 aliphatic heterocycles. The summed E-state index contributed by atoms with van der Waals surface area (Å²) >= 11 is 0. The standard InChI is InChI=1S/C11H23N3O.ClH/c1-3-9(2)13-11(15)8-14-6-4-5-10(12)7-14;/h9-10H,3-8,12H2,1-2H3,(H,13,15);1H/t9?,10-;/m1./s1. The van der Waals surface area contributed by atoms with Crippen LogP contribution in [0.15, 0.2) is 0 Å². The van der Waals surface area contributed by atoms with E-state index in [9.17, 15) is 4.79 Å². The number of piperidine rings is 1. The molecule has 1 amide bonds. The van der Waals surface area contributed by atoms with Crippen LogP contribution in [0.25, 0.3) is 0 Å². The highest BCUT2D eigenvalue weighted by Crippen LogP contribution is 2.07. The summed E-state index contributed by atoms with van der Waals surface area (Å²) in [6.07, 6.45) is 3.17. The first-order chi connectivity index (χ1) is 7.11. The monoisotopic (exact) mass is 249 g/mol. The molecule has 16 heavy (non-hydrogen) atoms. The first-order valence-corrected chi connectivity index (χ1v) is 5.89. The molecule has 2 atom stereocenters. The summed E-state index contributed by atoms with van der Waals surface area (Å²) < 4.78 is 0. The van der Waals surface area contributed by atoms with Crippen molar-refractivity contribution >= 4 is 18.3 Å². The topological polar surface area (TPSA) is 58.4 Å². The highest BCUT2D eigenvalue weighted by Gasteiger charge is 2.18. The third-order valence-corrected chi connectivity index (χ3v) is 2.93. The Labute approximate surface area is 104 Å². The lowest BCUT2D eigenvalue weighted by molar-refractivity contribution is -0.123. The van der Waals surface area contributed by atoms with E-state index in [1.54, 1.807) is 0 Å². The minimum Gasteiger partial charge on any atom is -0.353 e. The first-order valence-electron chi connectivity index (χ1n) is 5.89. The Morgan fingerprint density at radius 1 is 1.62 bits per heavy atom. The zero-order valence-corrected chi connectivity index (χ0v) is 11.1. The number of rotatable bonds is 4. The molecular weight excluding hydrogens is 226 g/mol. The maximum atomic E-state index is 11.6. The van der Waals surface area contributed by atoms with Crippen LogP contribution in [0.3, 0.4) is 0 Å². The summed E-state index contributed by atoms with van der Waals surface area (Å²) in [5, 5.41) is 2.97. The molecule has 4 nitrogen and oxygen atoms in total. The highest BCUT2D eigenvalue weighted by atomic mass is 35.5. The van der Waals surface area contributed by atoms with Crippen molar-refractivity contribution in [1.82, 2.24) is 10.2 Å². The van der Waals surface area contributed by atoms with Crippen molar-refractivity contribution in [2.75, 3.05) is 19.6 Å². The quantitative estimate of drug-likeness (QED) is 0.773. The maximum Gasteiger partial charge on any atom is 0.234 e. The summed E-state index contributed by atoms with van der Waals surface area (Å²) in [7, 11) is 0. The van der Waals surface area contributed by atoms with Crippen LogP contribution in [0.4, 0.5) is 0 Å². The lowest BCUT2D eigenvalue weighted by atomic mass is 10.1. The van der Waals surface area contributed by atoms with E-state index in [-0.39, 0.29) is 30.4 Å². The zero-order valence-electron chi connectivity index (χ0n) is 10.2. The smallest absolute Gasteiger partial charge is 0.234 e. The second-order valence-electron chi connectivity index (χ2n) is 4.51. The van der Waals surface area contributed by atoms with Gasteiger partial charge < -0.3 is 11.1 Å². The molecular formula is C11H24ClN3O. The SMILES string of the molecule is CCC(C)NC(=O)CN1CCC[C@@H](N)C1.Cl. The van der Waals surface area contributed by atoms with Gasteiger partial charge in [-0.3, -0.25) is 9.69 Å². The molecule has 3 N–H and O–H groups in total. The molecule has 0 spiro atoms. The normalized spacial score (nSPS) is 23.3. The first kappa shape index (κ1) is 15.7. The molecule has 0 aromatic heterocycles. The second-order valence-corrected chi connectivity index (χ2v) is 4.51. The summed E-state index contributed by atoms with van der Waals surface area (Å²) in [5.41, 5.74) is 5.85. The summed E-state index contributed by atoms with van der Waals surface area (Å²) in [5.74, 6) is 0.124. The Morgan fingerprint density at radius 3 is 2.88 bits per heavy atom. The Balaban J connectivity index is 0.00000225. The number of amides is 1. The van der Waals surface area contributed by atoms with Crippen molar-refractivity contribution < 1.29 is 4.79 Å². The van der Waals surface area contributed by atoms with Gasteiger partial charge >= 0.3 is 0 Å². The number of carbonyl (C=O) groups excluding carboxylic acids is 1. The van der Waals surface area contributed by atoms with Gasteiger partial charge in [0.2, 0.25) is 5.91 Å². The molecule has 0 aliphatic carbocycles. The van der Waals surface area contributed by atoms with Crippen molar-refractivity contribution in [3.63, 3.8) is 0 Å². The minimum absolute atomic E-state index is 0. The summed E-state index contributed by atoms with van der Waals surface area (Å²) in [6, 6.07) is 0.520. The summed E-state index contributed by atoms with van der Waals surface area (Å²) in [4.78, 5) is 13.7. The van der Waals surface area contributed by atoms with Crippen LogP contribution in [-0.4, -0.2) is 42.5 Å². The predicted octanol–water partition coefficient (Wildman–Crippen LogP) is 0.746. The van der Waals surface area contributed by atoms with Crippen LogP contribution in [0, 0.1) is 0 Å². The molecule has 0 saturated carbocycles. The molecule has 1 aliphatic rings. The third-order valence-electron chi connectivity index (χ3n) is 2.93. The highest BCUT2D eigenvalue weighted by molar-refractivity contribution is 5.85. The number of carbonyl (C=O) groups is 1. The van der Waals surface area contributed by atoms with Gasteiger partial charge in [-0.05, 0) is 32.7 Å². The lowest BCUT2D eigenvalue weighted by Gasteiger charge is -2.30. The Kier molecular flexibility index (Phi) is 7.72. The minimum atomic E-state index is 0. The van der Waals surface area contributed by atoms with Crippen molar-refractivity contribution in [3.8, 4) is 0 Å². The van der Waals surface area contributed by atoms with Gasteiger partial charge in [0.05, 0.1) is 6.54 Å². The second kappa shape index (κ2) is 7.87. The zero-order chi connectivity index (χ0) is 11.3. The molecule has 1 saturated heterocycles. The molecule has 0 bridgehead atoms. The van der Waals surface area contributed by atoms with Gasteiger partial charge in [0.25, 0.3) is 0 Å². The van der Waals surface area contributed by atoms with E-state index in [1.165, 1.54) is 0 Å². The van der Waals surface area contributed by atoms with Crippen LogP contribution >= 0.6 is 12.4 Å². The largest absolute Gasteiger partial charge is 0.353 e. The molecule has 1 unspecified atom stereocenters. The van der Waals surface area contributed by atoms with Gasteiger partial charge in [0.15, 0.2) is 0 Å². The van der Waals surface area contributed by atoms with E-state index in [0.29, 0.717) is 6.54 Å². The molecule has 1 heterocycles. The number of halogens is 1. The number of nitrogens with zero attached hydrogens (tertiary/aromatic N) is 1. The summed E-state index contributed by atoms with van der Waals surface area (Å²) in [6.45, 7) is 6.45. The maximum absolute atomic E-state index is 11.6. The fourth-order valence-electron chi connectivity index (χ4n) is 1.86. The average Bonchev–Trinajstić information content (AvgIpc) is 2.17. The fraction of sp³-hybridized carbons (Fsp3) is 0.909. The van der Waals surface area contributed by atoms with Crippen molar-refractivity contribution in [2.45, 2.75) is 45.2 Å². The van der Waals surface area contributed by atoms with E-state index in [4.69, 9.17) is 5.73 Å². The Hall–Kier alpha value is -0.320. The van der Waals surface area contributed by atoms with Gasteiger partial charge in [-0.15, -0.1) is 12.4 Å². The molecule has 0 aromatic carbocycles. The van der Waals surface area contributed by atoms with Crippen LogP contribution in [0.1, 0.15) is 33.1 Å². The third kappa shape index (κ3) is 5.68. The van der Waals surface area contributed by atoms with Crippen molar-refractivity contribution in [3.05, 3.63) is 0 Å². The van der Waals surface area contributed by atoms with Crippen LogP contribution in [0.5, 0.6) is 0 Å². The lowest BCUT2D eigenvalue weighted by Crippen LogP contribution is -2.48. The van der Waals surface area contributed by atoms with E-state index in [0.717, 1.165) is 32.4 Å². The van der Waals surface area contributed by atoms with Crippen molar-refractivity contribution in [1.29, 1.82) is 0 Å². The van der Waals surface area contributed by atoms with Crippen LogP contribution < -0.4 is 11.1 Å². The van der Waals surface area contributed by atoms with E-state index in [2.05, 4.69) is 17.1 Å². The predicted molar refractivity (Wildman–Crippen MR) is 68.8 cm³/mol. The Bertz CT molecular complexity index is 213. The average molecular weight is 250 g/mol. The molecule has 96 valence electrons. The van der Waals surface area contributed by atoms with E-state index in [1.807, 2.05) is 6.92 Å². The van der Waals surface area contributed by atoms with Gasteiger partial charge in [0, 0.05) is 18.6 Å². The molecule has 1 fully saturated rings. The molecule has 5 heteroatoms. The number of hydrogen-bond donors (Lipinski definition) is 2. The number of nitrogens with two attached hydrogens (primary N) is 1. The molecule has 1 rings (SSSR count). The van der Waals surface area contributed by atoms with Crippen molar-refractivity contribution in [2.24, 2.45) is 5.73 Å². The van der Waals surface area contributed by atoms with E-state index < -0.39 is 0 Å². The molecule has 0 aromatic rings. The van der Waals surface area contributed by atoms with Gasteiger partial charge in [-0.2, -0.15) is 0 Å². The fourth-order valence-corrected chi connectivity index (χ4v) is 1.86. The number of nitrogens with one attached hydrogen (secondary N) is 1.